The Balaban J connectivity index is 2.57. The highest BCUT2D eigenvalue weighted by atomic mass is 16.6. The lowest BCUT2D eigenvalue weighted by atomic mass is 9.79. The maximum absolute atomic E-state index is 11.8. The third kappa shape index (κ3) is 3.01. The summed E-state index contributed by atoms with van der Waals surface area (Å²) in [7, 11) is 0. The zero-order valence-corrected chi connectivity index (χ0v) is 18.9. The Hall–Kier alpha value is -2.29. The van der Waals surface area contributed by atoms with Gasteiger partial charge in [0.15, 0.2) is 0 Å². The second-order valence-electron chi connectivity index (χ2n) is 9.14. The summed E-state index contributed by atoms with van der Waals surface area (Å²) in [5.41, 5.74) is 7.14. The third-order valence-electron chi connectivity index (χ3n) is 6.20. The lowest BCUT2D eigenvalue weighted by Crippen LogP contribution is -2.31. The summed E-state index contributed by atoms with van der Waals surface area (Å²) in [5, 5.41) is 2.38. The molecule has 0 unspecified atom stereocenters. The van der Waals surface area contributed by atoms with Gasteiger partial charge in [-0.3, -0.25) is 4.79 Å². The van der Waals surface area contributed by atoms with E-state index in [1.165, 1.54) is 39.9 Å². The molecule has 0 atom stereocenters. The van der Waals surface area contributed by atoms with Crippen molar-refractivity contribution < 1.29 is 14.3 Å². The smallest absolute Gasteiger partial charge is 0.303 e. The zero-order valence-electron chi connectivity index (χ0n) is 18.9. The quantitative estimate of drug-likeness (QED) is 0.568. The summed E-state index contributed by atoms with van der Waals surface area (Å²) in [6.07, 6.45) is 4.22. The van der Waals surface area contributed by atoms with E-state index in [0.29, 0.717) is 0 Å². The maximum atomic E-state index is 11.8. The number of rotatable bonds is 2. The van der Waals surface area contributed by atoms with Gasteiger partial charge in [-0.2, -0.15) is 0 Å². The highest BCUT2D eigenvalue weighted by Gasteiger charge is 2.36. The Bertz CT molecular complexity index is 1040. The first-order chi connectivity index (χ1) is 12.8. The predicted molar refractivity (Wildman–Crippen MR) is 116 cm³/mol. The molecule has 0 saturated heterocycles. The van der Waals surface area contributed by atoms with Gasteiger partial charge in [-0.25, -0.2) is 0 Å². The zero-order chi connectivity index (χ0) is 21.2. The molecule has 28 heavy (non-hydrogen) atoms. The number of benzene rings is 2. The average molecular weight is 381 g/mol. The molecule has 0 N–H and O–H groups in total. The first-order valence-electron chi connectivity index (χ1n) is 9.93. The fourth-order valence-electron chi connectivity index (χ4n) is 4.67. The van der Waals surface area contributed by atoms with Crippen LogP contribution in [-0.4, -0.2) is 11.6 Å². The number of esters is 1. The van der Waals surface area contributed by atoms with E-state index in [4.69, 9.17) is 9.47 Å². The fourth-order valence-corrected chi connectivity index (χ4v) is 4.67. The number of hydrogen-bond donors (Lipinski definition) is 0. The number of hydrogen-bond acceptors (Lipinski definition) is 3. The Morgan fingerprint density at radius 3 is 2.00 bits per heavy atom. The minimum atomic E-state index is -0.761. The normalized spacial score (nSPS) is 15.4. The van der Waals surface area contributed by atoms with E-state index < -0.39 is 11.2 Å². The molecule has 1 heterocycles. The van der Waals surface area contributed by atoms with Gasteiger partial charge in [-0.15, -0.1) is 0 Å². The molecule has 0 spiro atoms. The minimum Gasteiger partial charge on any atom is -0.482 e. The summed E-state index contributed by atoms with van der Waals surface area (Å²) < 4.78 is 12.3. The van der Waals surface area contributed by atoms with Crippen LogP contribution in [0.4, 0.5) is 0 Å². The molecule has 0 radical (unpaired) electrons. The van der Waals surface area contributed by atoms with E-state index in [1.807, 2.05) is 13.8 Å². The van der Waals surface area contributed by atoms with Gasteiger partial charge in [0.1, 0.15) is 17.0 Å². The average Bonchev–Trinajstić information content (AvgIpc) is 2.55. The molecule has 150 valence electrons. The molecule has 2 aromatic carbocycles. The summed E-state index contributed by atoms with van der Waals surface area (Å²) in [4.78, 5) is 11.8. The van der Waals surface area contributed by atoms with Crippen molar-refractivity contribution in [3.8, 4) is 5.75 Å². The van der Waals surface area contributed by atoms with Crippen LogP contribution >= 0.6 is 0 Å². The molecule has 0 bridgehead atoms. The van der Waals surface area contributed by atoms with Crippen molar-refractivity contribution in [2.75, 3.05) is 0 Å². The molecule has 3 rings (SSSR count). The van der Waals surface area contributed by atoms with Crippen molar-refractivity contribution in [3.63, 3.8) is 0 Å². The van der Waals surface area contributed by atoms with Crippen LogP contribution in [0.25, 0.3) is 16.8 Å². The van der Waals surface area contributed by atoms with Crippen molar-refractivity contribution in [1.29, 1.82) is 0 Å². The topological polar surface area (TPSA) is 35.5 Å². The van der Waals surface area contributed by atoms with E-state index in [2.05, 4.69) is 60.6 Å². The second-order valence-corrected chi connectivity index (χ2v) is 9.14. The molecule has 0 saturated carbocycles. The summed E-state index contributed by atoms with van der Waals surface area (Å²) >= 11 is 0. The summed E-state index contributed by atoms with van der Waals surface area (Å²) in [6, 6.07) is 0. The first-order valence-corrected chi connectivity index (χ1v) is 9.93. The van der Waals surface area contributed by atoms with Crippen molar-refractivity contribution in [2.24, 2.45) is 0 Å². The van der Waals surface area contributed by atoms with Crippen molar-refractivity contribution in [1.82, 2.24) is 0 Å². The van der Waals surface area contributed by atoms with E-state index in [0.717, 1.165) is 22.4 Å². The maximum Gasteiger partial charge on any atom is 0.303 e. The SMILES string of the molecule is CC(=O)OC(C)(C)c1c2c(c3c(C)c(C)c(C)c(C)c3c1C)OC(C)(C)C=C2. The Morgan fingerprint density at radius 1 is 0.929 bits per heavy atom. The van der Waals surface area contributed by atoms with Gasteiger partial charge in [-0.05, 0) is 102 Å². The molecule has 0 aromatic heterocycles. The van der Waals surface area contributed by atoms with Crippen LogP contribution in [0.15, 0.2) is 6.08 Å². The van der Waals surface area contributed by atoms with E-state index in [-0.39, 0.29) is 5.97 Å². The number of fused-ring (bicyclic) bond motifs is 3. The lowest BCUT2D eigenvalue weighted by Gasteiger charge is -2.36. The van der Waals surface area contributed by atoms with Gasteiger partial charge in [0.25, 0.3) is 0 Å². The van der Waals surface area contributed by atoms with Crippen LogP contribution in [0.1, 0.15) is 73.6 Å². The number of aryl methyl sites for hydroxylation is 3. The number of carbonyl (C=O) groups excluding carboxylic acids is 1. The molecule has 3 nitrogen and oxygen atoms in total. The molecule has 1 aliphatic heterocycles. The Morgan fingerprint density at radius 2 is 1.46 bits per heavy atom. The van der Waals surface area contributed by atoms with Gasteiger partial charge < -0.3 is 9.47 Å². The molecule has 0 fully saturated rings. The summed E-state index contributed by atoms with van der Waals surface area (Å²) in [5.74, 6) is 0.610. The van der Waals surface area contributed by atoms with Gasteiger partial charge in [0.2, 0.25) is 0 Å². The van der Waals surface area contributed by atoms with E-state index >= 15 is 0 Å². The van der Waals surface area contributed by atoms with Crippen LogP contribution in [-0.2, 0) is 15.1 Å². The van der Waals surface area contributed by atoms with Crippen LogP contribution in [0.2, 0.25) is 0 Å². The van der Waals surface area contributed by atoms with Gasteiger partial charge in [0, 0.05) is 23.4 Å². The molecule has 1 aliphatic rings. The standard InChI is InChI=1S/C25H32O3/c1-13-14(2)16(4)21-20(15(13)3)17(5)22(25(9,10)27-18(6)26)19-11-12-24(7,8)28-23(19)21/h11-12H,1-10H3. The second kappa shape index (κ2) is 6.37. The molecule has 0 aliphatic carbocycles. The van der Waals surface area contributed by atoms with Crippen molar-refractivity contribution >= 4 is 22.8 Å². The monoisotopic (exact) mass is 380 g/mol. The van der Waals surface area contributed by atoms with Gasteiger partial charge in [-0.1, -0.05) is 6.08 Å². The lowest BCUT2D eigenvalue weighted by molar-refractivity contribution is -0.154. The van der Waals surface area contributed by atoms with Crippen molar-refractivity contribution in [2.45, 2.75) is 80.4 Å². The number of ether oxygens (including phenoxy) is 2. The van der Waals surface area contributed by atoms with Crippen LogP contribution in [0, 0.1) is 34.6 Å². The first kappa shape index (κ1) is 20.4. The predicted octanol–water partition coefficient (Wildman–Crippen LogP) is 6.36. The van der Waals surface area contributed by atoms with Gasteiger partial charge in [0.05, 0.1) is 0 Å². The Labute approximate surface area is 168 Å². The molecule has 3 heteroatoms. The van der Waals surface area contributed by atoms with Crippen molar-refractivity contribution in [3.05, 3.63) is 45.0 Å². The van der Waals surface area contributed by atoms with E-state index in [1.54, 1.807) is 0 Å². The molecule has 2 aromatic rings. The Kier molecular flexibility index (Phi) is 4.65. The highest BCUT2D eigenvalue weighted by molar-refractivity contribution is 6.02. The van der Waals surface area contributed by atoms with Gasteiger partial charge >= 0.3 is 5.97 Å². The minimum absolute atomic E-state index is 0.285. The van der Waals surface area contributed by atoms with Crippen LogP contribution < -0.4 is 4.74 Å². The van der Waals surface area contributed by atoms with Crippen LogP contribution in [0.5, 0.6) is 5.75 Å². The molecule has 0 amide bonds. The van der Waals surface area contributed by atoms with E-state index in [9.17, 15) is 4.79 Å². The largest absolute Gasteiger partial charge is 0.482 e. The highest BCUT2D eigenvalue weighted by Crippen LogP contribution is 2.48. The summed E-state index contributed by atoms with van der Waals surface area (Å²) in [6.45, 7) is 20.4. The number of carbonyl (C=O) groups is 1. The fraction of sp³-hybridized carbons (Fsp3) is 0.480. The molecular formula is C25H32O3. The van der Waals surface area contributed by atoms with Crippen LogP contribution in [0.3, 0.4) is 0 Å². The third-order valence-corrected chi connectivity index (χ3v) is 6.20. The molecular weight excluding hydrogens is 348 g/mol.